The van der Waals surface area contributed by atoms with Crippen molar-refractivity contribution in [3.05, 3.63) is 48.0 Å². The SMILES string of the molecule is O=Cc1c2ccccc2cc2c(O)ccc(O)c12. The number of rotatable bonds is 1. The molecule has 3 aromatic rings. The molecule has 0 unspecified atom stereocenters. The minimum atomic E-state index is -0.00402. The monoisotopic (exact) mass is 238 g/mol. The molecule has 2 N–H and O–H groups in total. The van der Waals surface area contributed by atoms with Gasteiger partial charge in [-0.15, -0.1) is 0 Å². The van der Waals surface area contributed by atoms with Crippen LogP contribution in [-0.2, 0) is 0 Å². The van der Waals surface area contributed by atoms with Crippen LogP contribution >= 0.6 is 0 Å². The number of carbonyl (C=O) groups is 1. The minimum Gasteiger partial charge on any atom is -0.507 e. The predicted octanol–water partition coefficient (Wildman–Crippen LogP) is 3.22. The van der Waals surface area contributed by atoms with Crippen molar-refractivity contribution in [2.24, 2.45) is 0 Å². The summed E-state index contributed by atoms with van der Waals surface area (Å²) in [6, 6.07) is 12.0. The molecule has 0 saturated heterocycles. The van der Waals surface area contributed by atoms with E-state index >= 15 is 0 Å². The van der Waals surface area contributed by atoms with Gasteiger partial charge in [0.1, 0.15) is 11.5 Å². The topological polar surface area (TPSA) is 57.5 Å². The highest BCUT2D eigenvalue weighted by Gasteiger charge is 2.12. The lowest BCUT2D eigenvalue weighted by Gasteiger charge is -2.09. The normalized spacial score (nSPS) is 10.9. The van der Waals surface area contributed by atoms with Gasteiger partial charge >= 0.3 is 0 Å². The van der Waals surface area contributed by atoms with Gasteiger partial charge in [0.05, 0.1) is 0 Å². The van der Waals surface area contributed by atoms with Crippen LogP contribution in [0.2, 0.25) is 0 Å². The molecular formula is C15H10O3. The number of phenolic OH excluding ortho intramolecular Hbond substituents is 2. The molecule has 0 aliphatic rings. The summed E-state index contributed by atoms with van der Waals surface area (Å²) in [5.74, 6) is 0.0484. The maximum absolute atomic E-state index is 11.3. The lowest BCUT2D eigenvalue weighted by molar-refractivity contribution is 0.112. The van der Waals surface area contributed by atoms with Crippen LogP contribution in [0.15, 0.2) is 42.5 Å². The van der Waals surface area contributed by atoms with Gasteiger partial charge in [-0.05, 0) is 29.0 Å². The van der Waals surface area contributed by atoms with Crippen molar-refractivity contribution in [3.8, 4) is 11.5 Å². The summed E-state index contributed by atoms with van der Waals surface area (Å²) in [4.78, 5) is 11.3. The molecule has 0 aliphatic carbocycles. The number of carbonyl (C=O) groups excluding carboxylic acids is 1. The molecule has 0 heterocycles. The van der Waals surface area contributed by atoms with Gasteiger partial charge in [-0.1, -0.05) is 24.3 Å². The van der Waals surface area contributed by atoms with Crippen molar-refractivity contribution in [1.29, 1.82) is 0 Å². The molecule has 0 saturated carbocycles. The van der Waals surface area contributed by atoms with Crippen LogP contribution in [0.3, 0.4) is 0 Å². The van der Waals surface area contributed by atoms with Crippen LogP contribution in [0.25, 0.3) is 21.5 Å². The Bertz CT molecular complexity index is 775. The Balaban J connectivity index is 2.67. The quantitative estimate of drug-likeness (QED) is 0.389. The average Bonchev–Trinajstić information content (AvgIpc) is 2.41. The molecule has 88 valence electrons. The number of benzene rings is 3. The van der Waals surface area contributed by atoms with E-state index in [1.54, 1.807) is 6.07 Å². The first kappa shape index (κ1) is 10.6. The zero-order chi connectivity index (χ0) is 12.7. The summed E-state index contributed by atoms with van der Waals surface area (Å²) in [6.07, 6.45) is 0.712. The van der Waals surface area contributed by atoms with E-state index in [-0.39, 0.29) is 11.5 Å². The molecule has 3 aromatic carbocycles. The van der Waals surface area contributed by atoms with Gasteiger partial charge in [0.15, 0.2) is 6.29 Å². The maximum atomic E-state index is 11.3. The third-order valence-electron chi connectivity index (χ3n) is 3.14. The van der Waals surface area contributed by atoms with E-state index in [1.165, 1.54) is 12.1 Å². The fourth-order valence-corrected chi connectivity index (χ4v) is 2.31. The van der Waals surface area contributed by atoms with E-state index in [2.05, 4.69) is 0 Å². The molecule has 0 fully saturated rings. The Morgan fingerprint density at radius 2 is 1.61 bits per heavy atom. The van der Waals surface area contributed by atoms with Crippen LogP contribution < -0.4 is 0 Å². The Kier molecular flexibility index (Phi) is 2.20. The summed E-state index contributed by atoms with van der Waals surface area (Å²) in [5.41, 5.74) is 0.400. The maximum Gasteiger partial charge on any atom is 0.151 e. The summed E-state index contributed by atoms with van der Waals surface area (Å²) in [7, 11) is 0. The number of phenols is 2. The molecule has 3 heteroatoms. The lowest BCUT2D eigenvalue weighted by Crippen LogP contribution is -1.88. The highest BCUT2D eigenvalue weighted by atomic mass is 16.3. The number of hydrogen-bond acceptors (Lipinski definition) is 3. The van der Waals surface area contributed by atoms with Crippen molar-refractivity contribution >= 4 is 27.8 Å². The molecule has 0 spiro atoms. The zero-order valence-electron chi connectivity index (χ0n) is 9.42. The highest BCUT2D eigenvalue weighted by Crippen LogP contribution is 2.37. The largest absolute Gasteiger partial charge is 0.507 e. The Morgan fingerprint density at radius 3 is 2.39 bits per heavy atom. The fourth-order valence-electron chi connectivity index (χ4n) is 2.31. The summed E-state index contributed by atoms with van der Waals surface area (Å²) in [6.45, 7) is 0. The minimum absolute atomic E-state index is 0.00402. The highest BCUT2D eigenvalue weighted by molar-refractivity contribution is 6.15. The third-order valence-corrected chi connectivity index (χ3v) is 3.14. The van der Waals surface area contributed by atoms with Gasteiger partial charge in [0.2, 0.25) is 0 Å². The van der Waals surface area contributed by atoms with E-state index < -0.39 is 0 Å². The van der Waals surface area contributed by atoms with Gasteiger partial charge in [-0.2, -0.15) is 0 Å². The molecule has 0 aromatic heterocycles. The van der Waals surface area contributed by atoms with Crippen LogP contribution in [0.4, 0.5) is 0 Å². The Morgan fingerprint density at radius 1 is 0.889 bits per heavy atom. The Hall–Kier alpha value is -2.55. The standard InChI is InChI=1S/C15H10O3/c16-8-12-10-4-2-1-3-9(10)7-11-13(17)5-6-14(18)15(11)12/h1-8,17-18H. The number of aromatic hydroxyl groups is 2. The van der Waals surface area contributed by atoms with E-state index in [0.717, 1.165) is 10.8 Å². The van der Waals surface area contributed by atoms with E-state index in [4.69, 9.17) is 0 Å². The first-order valence-electron chi connectivity index (χ1n) is 5.54. The van der Waals surface area contributed by atoms with Gasteiger partial charge in [0, 0.05) is 16.3 Å². The molecule has 0 atom stereocenters. The number of aldehydes is 1. The molecule has 0 bridgehead atoms. The lowest BCUT2D eigenvalue weighted by atomic mass is 9.96. The molecule has 0 radical (unpaired) electrons. The summed E-state index contributed by atoms with van der Waals surface area (Å²) >= 11 is 0. The van der Waals surface area contributed by atoms with Crippen LogP contribution in [0, 0.1) is 0 Å². The smallest absolute Gasteiger partial charge is 0.151 e. The van der Waals surface area contributed by atoms with Crippen molar-refractivity contribution in [2.75, 3.05) is 0 Å². The predicted molar refractivity (Wildman–Crippen MR) is 70.2 cm³/mol. The van der Waals surface area contributed by atoms with Crippen LogP contribution in [-0.4, -0.2) is 16.5 Å². The van der Waals surface area contributed by atoms with E-state index in [1.807, 2.05) is 24.3 Å². The first-order chi connectivity index (χ1) is 8.72. The van der Waals surface area contributed by atoms with Gasteiger partial charge in [-0.3, -0.25) is 4.79 Å². The van der Waals surface area contributed by atoms with Crippen LogP contribution in [0.1, 0.15) is 10.4 Å². The van der Waals surface area contributed by atoms with E-state index in [9.17, 15) is 15.0 Å². The molecule has 0 aliphatic heterocycles. The summed E-state index contributed by atoms with van der Waals surface area (Å²) < 4.78 is 0. The van der Waals surface area contributed by atoms with Crippen molar-refractivity contribution in [3.63, 3.8) is 0 Å². The molecule has 0 amide bonds. The second-order valence-electron chi connectivity index (χ2n) is 4.16. The molecule has 3 nitrogen and oxygen atoms in total. The molecule has 18 heavy (non-hydrogen) atoms. The molecular weight excluding hydrogens is 228 g/mol. The van der Waals surface area contributed by atoms with Gasteiger partial charge in [-0.25, -0.2) is 0 Å². The summed E-state index contributed by atoms with van der Waals surface area (Å²) in [5, 5.41) is 22.2. The second kappa shape index (κ2) is 3.74. The van der Waals surface area contributed by atoms with Gasteiger partial charge in [0.25, 0.3) is 0 Å². The Labute approximate surface area is 103 Å². The number of hydrogen-bond donors (Lipinski definition) is 2. The third kappa shape index (κ3) is 1.34. The van der Waals surface area contributed by atoms with Crippen molar-refractivity contribution in [2.45, 2.75) is 0 Å². The fraction of sp³-hybridized carbons (Fsp3) is 0. The first-order valence-corrected chi connectivity index (χ1v) is 5.54. The van der Waals surface area contributed by atoms with Crippen LogP contribution in [0.5, 0.6) is 11.5 Å². The zero-order valence-corrected chi connectivity index (χ0v) is 9.42. The van der Waals surface area contributed by atoms with E-state index in [0.29, 0.717) is 22.6 Å². The average molecular weight is 238 g/mol. The second-order valence-corrected chi connectivity index (χ2v) is 4.16. The van der Waals surface area contributed by atoms with Gasteiger partial charge < -0.3 is 10.2 Å². The van der Waals surface area contributed by atoms with Crippen molar-refractivity contribution in [1.82, 2.24) is 0 Å². The molecule has 3 rings (SSSR count). The van der Waals surface area contributed by atoms with Crippen molar-refractivity contribution < 1.29 is 15.0 Å². The number of fused-ring (bicyclic) bond motifs is 2.